The van der Waals surface area contributed by atoms with Crippen molar-refractivity contribution in [2.24, 2.45) is 0 Å². The molecule has 0 atom stereocenters. The summed E-state index contributed by atoms with van der Waals surface area (Å²) in [6.45, 7) is 4.83. The molecule has 0 saturated heterocycles. The second-order valence-electron chi connectivity index (χ2n) is 4.65. The van der Waals surface area contributed by atoms with E-state index in [0.29, 0.717) is 17.1 Å². The molecule has 7 nitrogen and oxygen atoms in total. The van der Waals surface area contributed by atoms with Crippen LogP contribution in [0.3, 0.4) is 0 Å². The molecule has 0 unspecified atom stereocenters. The van der Waals surface area contributed by atoms with Gasteiger partial charge in [0, 0.05) is 0 Å². The highest BCUT2D eigenvalue weighted by Gasteiger charge is 2.22. The van der Waals surface area contributed by atoms with Crippen LogP contribution in [0, 0.1) is 20.8 Å². The van der Waals surface area contributed by atoms with Crippen LogP contribution in [0.1, 0.15) is 27.3 Å². The summed E-state index contributed by atoms with van der Waals surface area (Å²) >= 11 is 0. The molecule has 112 valence electrons. The Labute approximate surface area is 122 Å². The van der Waals surface area contributed by atoms with Gasteiger partial charge in [-0.2, -0.15) is 5.10 Å². The molecule has 0 aliphatic rings. The smallest absolute Gasteiger partial charge is 0.335 e. The molecule has 0 saturated carbocycles. The van der Waals surface area contributed by atoms with Crippen molar-refractivity contribution >= 4 is 21.7 Å². The number of carboxylic acids is 1. The highest BCUT2D eigenvalue weighted by molar-refractivity contribution is 7.92. The van der Waals surface area contributed by atoms with E-state index in [9.17, 15) is 13.2 Å². The van der Waals surface area contributed by atoms with Crippen LogP contribution in [-0.4, -0.2) is 29.7 Å². The molecular weight excluding hydrogens is 294 g/mol. The normalized spacial score (nSPS) is 11.4. The predicted octanol–water partition coefficient (Wildman–Crippen LogP) is 1.83. The van der Waals surface area contributed by atoms with Crippen molar-refractivity contribution in [3.63, 3.8) is 0 Å². The van der Waals surface area contributed by atoms with Crippen molar-refractivity contribution in [2.45, 2.75) is 25.7 Å². The van der Waals surface area contributed by atoms with Gasteiger partial charge in [0.05, 0.1) is 27.5 Å². The number of nitrogens with one attached hydrogen (secondary N) is 2. The van der Waals surface area contributed by atoms with Crippen molar-refractivity contribution in [3.05, 3.63) is 40.7 Å². The number of hydrogen-bond acceptors (Lipinski definition) is 4. The standard InChI is InChI=1S/C13H15N3O4S/c1-7-10(13(17)18)5-4-6-11(7)21(19,20)16-12-8(2)14-15-9(12)3/h4-6,16H,1-3H3,(H,14,15)(H,17,18). The Hall–Kier alpha value is -2.35. The molecule has 0 aliphatic carbocycles. The van der Waals surface area contributed by atoms with Crippen LogP contribution >= 0.6 is 0 Å². The van der Waals surface area contributed by atoms with Crippen LogP contribution in [0.15, 0.2) is 23.1 Å². The maximum atomic E-state index is 12.5. The molecule has 0 amide bonds. The summed E-state index contributed by atoms with van der Waals surface area (Å²) in [6.07, 6.45) is 0. The minimum Gasteiger partial charge on any atom is -0.478 e. The number of aromatic carboxylic acids is 1. The van der Waals surface area contributed by atoms with Gasteiger partial charge < -0.3 is 5.11 Å². The van der Waals surface area contributed by atoms with Gasteiger partial charge in [-0.1, -0.05) is 6.07 Å². The number of benzene rings is 1. The van der Waals surface area contributed by atoms with Crippen molar-refractivity contribution in [1.82, 2.24) is 10.2 Å². The van der Waals surface area contributed by atoms with Crippen LogP contribution in [0.5, 0.6) is 0 Å². The molecule has 2 rings (SSSR count). The number of sulfonamides is 1. The number of hydrogen-bond donors (Lipinski definition) is 3. The number of rotatable bonds is 4. The number of aromatic nitrogens is 2. The zero-order valence-corrected chi connectivity index (χ0v) is 12.6. The van der Waals surface area contributed by atoms with Gasteiger partial charge in [-0.05, 0) is 38.5 Å². The third-order valence-electron chi connectivity index (χ3n) is 3.17. The summed E-state index contributed by atoms with van der Waals surface area (Å²) in [5, 5.41) is 15.7. The third kappa shape index (κ3) is 2.75. The van der Waals surface area contributed by atoms with E-state index < -0.39 is 16.0 Å². The molecule has 0 bridgehead atoms. The lowest BCUT2D eigenvalue weighted by atomic mass is 10.1. The van der Waals surface area contributed by atoms with Crippen LogP contribution in [0.25, 0.3) is 0 Å². The Kier molecular flexibility index (Phi) is 3.73. The Morgan fingerprint density at radius 2 is 1.95 bits per heavy atom. The quantitative estimate of drug-likeness (QED) is 0.797. The van der Waals surface area contributed by atoms with Gasteiger partial charge in [0.2, 0.25) is 0 Å². The maximum Gasteiger partial charge on any atom is 0.335 e. The zero-order valence-electron chi connectivity index (χ0n) is 11.8. The SMILES string of the molecule is Cc1n[nH]c(C)c1NS(=O)(=O)c1cccc(C(=O)O)c1C. The molecule has 0 radical (unpaired) electrons. The molecular formula is C13H15N3O4S. The molecule has 8 heteroatoms. The lowest BCUT2D eigenvalue weighted by Gasteiger charge is -2.12. The zero-order chi connectivity index (χ0) is 15.8. The van der Waals surface area contributed by atoms with Crippen molar-refractivity contribution < 1.29 is 18.3 Å². The topological polar surface area (TPSA) is 112 Å². The van der Waals surface area contributed by atoms with Crippen molar-refractivity contribution in [2.75, 3.05) is 4.72 Å². The average Bonchev–Trinajstić information content (AvgIpc) is 2.70. The first-order valence-electron chi connectivity index (χ1n) is 6.11. The van der Waals surface area contributed by atoms with Crippen LogP contribution < -0.4 is 4.72 Å². The second kappa shape index (κ2) is 5.21. The van der Waals surface area contributed by atoms with Crippen LogP contribution in [0.4, 0.5) is 5.69 Å². The Bertz CT molecular complexity index is 789. The Morgan fingerprint density at radius 3 is 2.48 bits per heavy atom. The molecule has 1 aromatic heterocycles. The highest BCUT2D eigenvalue weighted by Crippen LogP contribution is 2.24. The number of aromatic amines is 1. The molecule has 21 heavy (non-hydrogen) atoms. The Morgan fingerprint density at radius 1 is 1.29 bits per heavy atom. The van der Waals surface area contributed by atoms with Gasteiger partial charge in [-0.25, -0.2) is 13.2 Å². The van der Waals surface area contributed by atoms with E-state index in [1.165, 1.54) is 25.1 Å². The van der Waals surface area contributed by atoms with E-state index >= 15 is 0 Å². The van der Waals surface area contributed by atoms with Crippen molar-refractivity contribution in [1.29, 1.82) is 0 Å². The Balaban J connectivity index is 2.51. The van der Waals surface area contributed by atoms with E-state index in [0.717, 1.165) is 0 Å². The number of anilines is 1. The summed E-state index contributed by atoms with van der Waals surface area (Å²) in [5.41, 5.74) is 1.62. The van der Waals surface area contributed by atoms with Gasteiger partial charge in [0.1, 0.15) is 0 Å². The van der Waals surface area contributed by atoms with Gasteiger partial charge >= 0.3 is 5.97 Å². The summed E-state index contributed by atoms with van der Waals surface area (Å²) < 4.78 is 27.4. The second-order valence-corrected chi connectivity index (χ2v) is 6.30. The van der Waals surface area contributed by atoms with E-state index in [4.69, 9.17) is 5.11 Å². The first kappa shape index (κ1) is 15.0. The lowest BCUT2D eigenvalue weighted by molar-refractivity contribution is 0.0696. The molecule has 1 aromatic carbocycles. The van der Waals surface area contributed by atoms with Gasteiger partial charge in [-0.15, -0.1) is 0 Å². The fraction of sp³-hybridized carbons (Fsp3) is 0.231. The highest BCUT2D eigenvalue weighted by atomic mass is 32.2. The van der Waals surface area contributed by atoms with Gasteiger partial charge in [0.15, 0.2) is 0 Å². The molecule has 2 aromatic rings. The number of carbonyl (C=O) groups is 1. The fourth-order valence-electron chi connectivity index (χ4n) is 2.03. The first-order valence-corrected chi connectivity index (χ1v) is 7.59. The number of aryl methyl sites for hydroxylation is 2. The van der Waals surface area contributed by atoms with Crippen LogP contribution in [-0.2, 0) is 10.0 Å². The van der Waals surface area contributed by atoms with Crippen molar-refractivity contribution in [3.8, 4) is 0 Å². The maximum absolute atomic E-state index is 12.5. The summed E-state index contributed by atoms with van der Waals surface area (Å²) in [7, 11) is -3.89. The first-order chi connectivity index (χ1) is 9.74. The minimum absolute atomic E-state index is 0.0430. The van der Waals surface area contributed by atoms with Gasteiger partial charge in [-0.3, -0.25) is 9.82 Å². The minimum atomic E-state index is -3.89. The lowest BCUT2D eigenvalue weighted by Crippen LogP contribution is -2.16. The molecule has 0 spiro atoms. The van der Waals surface area contributed by atoms with E-state index in [1.807, 2.05) is 0 Å². The van der Waals surface area contributed by atoms with E-state index in [2.05, 4.69) is 14.9 Å². The number of H-pyrrole nitrogens is 1. The molecule has 3 N–H and O–H groups in total. The largest absolute Gasteiger partial charge is 0.478 e. The van der Waals surface area contributed by atoms with E-state index in [-0.39, 0.29) is 16.0 Å². The monoisotopic (exact) mass is 309 g/mol. The number of carboxylic acid groups (broad SMARTS) is 1. The van der Waals surface area contributed by atoms with E-state index in [1.54, 1.807) is 13.8 Å². The summed E-state index contributed by atoms with van der Waals surface area (Å²) in [5.74, 6) is -1.17. The number of nitrogens with zero attached hydrogens (tertiary/aromatic N) is 1. The fourth-order valence-corrected chi connectivity index (χ4v) is 3.48. The van der Waals surface area contributed by atoms with Gasteiger partial charge in [0.25, 0.3) is 10.0 Å². The molecule has 0 aliphatic heterocycles. The predicted molar refractivity (Wildman–Crippen MR) is 77.0 cm³/mol. The molecule has 0 fully saturated rings. The molecule has 1 heterocycles. The third-order valence-corrected chi connectivity index (χ3v) is 4.66. The average molecular weight is 309 g/mol. The summed E-state index contributed by atoms with van der Waals surface area (Å²) in [4.78, 5) is 11.0. The summed E-state index contributed by atoms with van der Waals surface area (Å²) in [6, 6.07) is 4.14. The van der Waals surface area contributed by atoms with Crippen LogP contribution in [0.2, 0.25) is 0 Å².